The average molecular weight is 271 g/mol. The van der Waals surface area contributed by atoms with E-state index in [-0.39, 0.29) is 11.9 Å². The van der Waals surface area contributed by atoms with Crippen molar-refractivity contribution in [3.8, 4) is 0 Å². The van der Waals surface area contributed by atoms with Crippen molar-refractivity contribution in [2.75, 3.05) is 16.8 Å². The molecule has 0 radical (unpaired) electrons. The number of rotatable bonds is 0. The predicted molar refractivity (Wildman–Crippen MR) is 70.0 cm³/mol. The van der Waals surface area contributed by atoms with Crippen LogP contribution in [0, 0.1) is 5.92 Å². The lowest BCUT2D eigenvalue weighted by Crippen LogP contribution is -2.46. The standard InChI is InChI=1S/C12H12Cl2N2O/c1-6-2-3-16-10-5-8(14)7(13)4-9(10)15-12(17)11(6)16/h4-6,11H,2-3H2,1H3,(H,15,17). The molecule has 2 aliphatic heterocycles. The maximum absolute atomic E-state index is 12.0. The van der Waals surface area contributed by atoms with E-state index in [1.165, 1.54) is 0 Å². The Labute approximate surface area is 110 Å². The third kappa shape index (κ3) is 1.60. The van der Waals surface area contributed by atoms with Crippen molar-refractivity contribution in [2.24, 2.45) is 5.92 Å². The summed E-state index contributed by atoms with van der Waals surface area (Å²) in [7, 11) is 0. The number of fused-ring (bicyclic) bond motifs is 3. The van der Waals surface area contributed by atoms with Crippen molar-refractivity contribution in [3.05, 3.63) is 22.2 Å². The van der Waals surface area contributed by atoms with Gasteiger partial charge in [0.25, 0.3) is 0 Å². The van der Waals surface area contributed by atoms with E-state index >= 15 is 0 Å². The van der Waals surface area contributed by atoms with Crippen molar-refractivity contribution >= 4 is 40.5 Å². The van der Waals surface area contributed by atoms with Crippen LogP contribution in [0.25, 0.3) is 0 Å². The average Bonchev–Trinajstić information content (AvgIpc) is 2.65. The second-order valence-electron chi connectivity index (χ2n) is 4.68. The fraction of sp³-hybridized carbons (Fsp3) is 0.417. The Balaban J connectivity index is 2.12. The third-order valence-corrected chi connectivity index (χ3v) is 4.30. The molecule has 0 spiro atoms. The molecule has 1 fully saturated rings. The highest BCUT2D eigenvalue weighted by Crippen LogP contribution is 2.42. The molecule has 0 bridgehead atoms. The molecule has 1 N–H and O–H groups in total. The molecule has 2 heterocycles. The molecule has 90 valence electrons. The van der Waals surface area contributed by atoms with Gasteiger partial charge in [0.2, 0.25) is 5.91 Å². The zero-order valence-electron chi connectivity index (χ0n) is 9.34. The second-order valence-corrected chi connectivity index (χ2v) is 5.49. The summed E-state index contributed by atoms with van der Waals surface area (Å²) in [6.07, 6.45) is 1.03. The van der Waals surface area contributed by atoms with E-state index in [0.29, 0.717) is 16.0 Å². The van der Waals surface area contributed by atoms with Crippen molar-refractivity contribution in [3.63, 3.8) is 0 Å². The smallest absolute Gasteiger partial charge is 0.247 e. The first-order valence-electron chi connectivity index (χ1n) is 5.64. The molecule has 3 rings (SSSR count). The SMILES string of the molecule is CC1CCN2c3cc(Cl)c(Cl)cc3NC(=O)C12. The summed E-state index contributed by atoms with van der Waals surface area (Å²) in [5.41, 5.74) is 1.74. The lowest BCUT2D eigenvalue weighted by molar-refractivity contribution is -0.118. The van der Waals surface area contributed by atoms with Crippen LogP contribution in [-0.2, 0) is 4.79 Å². The Hall–Kier alpha value is -0.930. The van der Waals surface area contributed by atoms with Crippen molar-refractivity contribution in [2.45, 2.75) is 19.4 Å². The van der Waals surface area contributed by atoms with Crippen LogP contribution in [0.2, 0.25) is 10.0 Å². The maximum atomic E-state index is 12.0. The van der Waals surface area contributed by atoms with E-state index in [2.05, 4.69) is 17.1 Å². The van der Waals surface area contributed by atoms with Gasteiger partial charge in [0.15, 0.2) is 0 Å². The van der Waals surface area contributed by atoms with Gasteiger partial charge in [-0.15, -0.1) is 0 Å². The minimum atomic E-state index is -0.0697. The highest BCUT2D eigenvalue weighted by molar-refractivity contribution is 6.42. The molecule has 5 heteroatoms. The fourth-order valence-electron chi connectivity index (χ4n) is 2.70. The zero-order chi connectivity index (χ0) is 12.2. The van der Waals surface area contributed by atoms with Gasteiger partial charge in [-0.2, -0.15) is 0 Å². The van der Waals surface area contributed by atoms with Gasteiger partial charge in [-0.05, 0) is 24.5 Å². The number of nitrogens with zero attached hydrogens (tertiary/aromatic N) is 1. The molecule has 1 saturated heterocycles. The zero-order valence-corrected chi connectivity index (χ0v) is 10.8. The molecule has 0 aromatic heterocycles. The van der Waals surface area contributed by atoms with Gasteiger partial charge in [-0.25, -0.2) is 0 Å². The molecular weight excluding hydrogens is 259 g/mol. The number of anilines is 2. The second kappa shape index (κ2) is 3.79. The summed E-state index contributed by atoms with van der Waals surface area (Å²) in [6.45, 7) is 3.00. The summed E-state index contributed by atoms with van der Waals surface area (Å²) in [6, 6.07) is 3.49. The molecule has 1 aromatic rings. The number of carbonyl (C=O) groups excluding carboxylic acids is 1. The van der Waals surface area contributed by atoms with Gasteiger partial charge in [0, 0.05) is 6.54 Å². The molecular formula is C12H12Cl2N2O. The molecule has 2 aliphatic rings. The van der Waals surface area contributed by atoms with Crippen LogP contribution in [0.4, 0.5) is 11.4 Å². The Morgan fingerprint density at radius 2 is 2.06 bits per heavy atom. The van der Waals surface area contributed by atoms with Crippen molar-refractivity contribution in [1.82, 2.24) is 0 Å². The van der Waals surface area contributed by atoms with E-state index in [0.717, 1.165) is 24.3 Å². The van der Waals surface area contributed by atoms with Gasteiger partial charge in [0.05, 0.1) is 21.4 Å². The van der Waals surface area contributed by atoms with Crippen LogP contribution in [0.3, 0.4) is 0 Å². The van der Waals surface area contributed by atoms with E-state index in [9.17, 15) is 4.79 Å². The maximum Gasteiger partial charge on any atom is 0.247 e. The van der Waals surface area contributed by atoms with Crippen LogP contribution in [0.5, 0.6) is 0 Å². The highest BCUT2D eigenvalue weighted by Gasteiger charge is 2.41. The monoisotopic (exact) mass is 270 g/mol. The number of nitrogens with one attached hydrogen (secondary N) is 1. The molecule has 17 heavy (non-hydrogen) atoms. The number of hydrogen-bond donors (Lipinski definition) is 1. The van der Waals surface area contributed by atoms with Gasteiger partial charge in [0.1, 0.15) is 6.04 Å². The molecule has 0 saturated carbocycles. The molecule has 1 amide bonds. The Morgan fingerprint density at radius 3 is 2.82 bits per heavy atom. The topological polar surface area (TPSA) is 32.3 Å². The van der Waals surface area contributed by atoms with Gasteiger partial charge < -0.3 is 10.2 Å². The fourth-order valence-corrected chi connectivity index (χ4v) is 3.02. The molecule has 1 aromatic carbocycles. The first-order valence-corrected chi connectivity index (χ1v) is 6.40. The highest BCUT2D eigenvalue weighted by atomic mass is 35.5. The largest absolute Gasteiger partial charge is 0.358 e. The molecule has 3 nitrogen and oxygen atoms in total. The number of halogens is 2. The molecule has 0 aliphatic carbocycles. The van der Waals surface area contributed by atoms with Gasteiger partial charge >= 0.3 is 0 Å². The minimum Gasteiger partial charge on any atom is -0.358 e. The van der Waals surface area contributed by atoms with Crippen LogP contribution in [-0.4, -0.2) is 18.5 Å². The molecule has 2 unspecified atom stereocenters. The summed E-state index contributed by atoms with van der Waals surface area (Å²) in [5, 5.41) is 3.90. The van der Waals surface area contributed by atoms with Crippen LogP contribution >= 0.6 is 23.2 Å². The summed E-state index contributed by atoms with van der Waals surface area (Å²) < 4.78 is 0. The summed E-state index contributed by atoms with van der Waals surface area (Å²) in [4.78, 5) is 14.1. The Morgan fingerprint density at radius 1 is 1.35 bits per heavy atom. The van der Waals surface area contributed by atoms with E-state index in [4.69, 9.17) is 23.2 Å². The summed E-state index contributed by atoms with van der Waals surface area (Å²) >= 11 is 12.0. The Bertz CT molecular complexity index is 504. The number of amides is 1. The third-order valence-electron chi connectivity index (χ3n) is 3.57. The van der Waals surface area contributed by atoms with Gasteiger partial charge in [-0.3, -0.25) is 4.79 Å². The van der Waals surface area contributed by atoms with Crippen molar-refractivity contribution < 1.29 is 4.79 Å². The van der Waals surface area contributed by atoms with E-state index < -0.39 is 0 Å². The lowest BCUT2D eigenvalue weighted by atomic mass is 10.00. The predicted octanol–water partition coefficient (Wildman–Crippen LogP) is 3.16. The first kappa shape index (κ1) is 11.2. The van der Waals surface area contributed by atoms with Crippen LogP contribution < -0.4 is 10.2 Å². The number of carbonyl (C=O) groups is 1. The van der Waals surface area contributed by atoms with Crippen LogP contribution in [0.15, 0.2) is 12.1 Å². The number of hydrogen-bond acceptors (Lipinski definition) is 2. The Kier molecular flexibility index (Phi) is 2.49. The lowest BCUT2D eigenvalue weighted by Gasteiger charge is -2.34. The van der Waals surface area contributed by atoms with E-state index in [1.54, 1.807) is 6.07 Å². The van der Waals surface area contributed by atoms with Gasteiger partial charge in [-0.1, -0.05) is 30.1 Å². The normalized spacial score (nSPS) is 26.5. The first-order chi connectivity index (χ1) is 8.08. The molecule has 2 atom stereocenters. The number of benzene rings is 1. The summed E-state index contributed by atoms with van der Waals surface area (Å²) in [5.74, 6) is 0.429. The van der Waals surface area contributed by atoms with Crippen LogP contribution in [0.1, 0.15) is 13.3 Å². The minimum absolute atomic E-state index is 0.0564. The quantitative estimate of drug-likeness (QED) is 0.786. The van der Waals surface area contributed by atoms with E-state index in [1.807, 2.05) is 6.07 Å². The van der Waals surface area contributed by atoms with Crippen molar-refractivity contribution in [1.29, 1.82) is 0 Å².